The molecule has 1 heterocycles. The van der Waals surface area contributed by atoms with Gasteiger partial charge in [0.05, 0.1) is 0 Å². The van der Waals surface area contributed by atoms with Crippen molar-refractivity contribution in [2.24, 2.45) is 5.92 Å². The fraction of sp³-hybridized carbons (Fsp3) is 0.600. The number of carbonyl (C=O) groups excluding carboxylic acids is 2. The van der Waals surface area contributed by atoms with E-state index >= 15 is 0 Å². The number of ketones is 1. The maximum Gasteiger partial charge on any atom is 0.223 e. The molecule has 0 atom stereocenters. The lowest BCUT2D eigenvalue weighted by Crippen LogP contribution is -2.39. The summed E-state index contributed by atoms with van der Waals surface area (Å²) in [6.45, 7) is 3.29. The van der Waals surface area contributed by atoms with Crippen molar-refractivity contribution in [3.05, 3.63) is 23.8 Å². The maximum atomic E-state index is 12.4. The molecule has 1 fully saturated rings. The summed E-state index contributed by atoms with van der Waals surface area (Å²) >= 11 is 0. The molecule has 0 unspecified atom stereocenters. The molecule has 2 aliphatic rings. The van der Waals surface area contributed by atoms with Gasteiger partial charge in [0.2, 0.25) is 5.91 Å². The topological polar surface area (TPSA) is 55.8 Å². The highest BCUT2D eigenvalue weighted by molar-refractivity contribution is 5.98. The van der Waals surface area contributed by atoms with Crippen LogP contribution >= 0.6 is 0 Å². The lowest BCUT2D eigenvalue weighted by atomic mass is 9.86. The quantitative estimate of drug-likeness (QED) is 0.767. The molecule has 25 heavy (non-hydrogen) atoms. The molecule has 1 amide bonds. The van der Waals surface area contributed by atoms with Crippen LogP contribution in [-0.2, 0) is 4.79 Å². The molecule has 0 radical (unpaired) electrons. The number of nitrogens with zero attached hydrogens (tertiary/aromatic N) is 1. The van der Waals surface area contributed by atoms with E-state index in [0.29, 0.717) is 36.3 Å². The molecule has 1 saturated carbocycles. The summed E-state index contributed by atoms with van der Waals surface area (Å²) < 4.78 is 11.0. The average Bonchev–Trinajstić information content (AvgIpc) is 2.65. The van der Waals surface area contributed by atoms with Gasteiger partial charge in [-0.2, -0.15) is 0 Å². The summed E-state index contributed by atoms with van der Waals surface area (Å²) in [7, 11) is 1.87. The number of rotatable bonds is 5. The van der Waals surface area contributed by atoms with E-state index in [-0.39, 0.29) is 24.5 Å². The van der Waals surface area contributed by atoms with Gasteiger partial charge in [0.25, 0.3) is 0 Å². The summed E-state index contributed by atoms with van der Waals surface area (Å²) in [6, 6.07) is 5.55. The van der Waals surface area contributed by atoms with Crippen LogP contribution in [0.5, 0.6) is 11.5 Å². The summed E-state index contributed by atoms with van der Waals surface area (Å²) in [5.74, 6) is 2.07. The van der Waals surface area contributed by atoms with E-state index in [1.165, 1.54) is 12.8 Å². The van der Waals surface area contributed by atoms with Gasteiger partial charge in [-0.1, -0.05) is 6.92 Å². The number of amides is 1. The Morgan fingerprint density at radius 3 is 2.44 bits per heavy atom. The smallest absolute Gasteiger partial charge is 0.223 e. The largest absolute Gasteiger partial charge is 0.486 e. The van der Waals surface area contributed by atoms with Gasteiger partial charge in [0, 0.05) is 31.5 Å². The summed E-state index contributed by atoms with van der Waals surface area (Å²) in [4.78, 5) is 26.7. The van der Waals surface area contributed by atoms with Crippen LogP contribution in [0.15, 0.2) is 18.2 Å². The van der Waals surface area contributed by atoms with E-state index in [1.807, 2.05) is 11.9 Å². The third-order valence-electron chi connectivity index (χ3n) is 5.36. The van der Waals surface area contributed by atoms with Gasteiger partial charge in [-0.05, 0) is 49.8 Å². The lowest BCUT2D eigenvalue weighted by Gasteiger charge is -2.33. The Hall–Kier alpha value is -2.04. The Kier molecular flexibility index (Phi) is 5.61. The van der Waals surface area contributed by atoms with E-state index in [2.05, 4.69) is 6.92 Å². The first kappa shape index (κ1) is 17.8. The number of hydrogen-bond donors (Lipinski definition) is 0. The Balaban J connectivity index is 1.52. The number of Topliss-reactive ketones (excluding diaryl/α,β-unsaturated/α-hetero) is 1. The molecule has 1 aliphatic heterocycles. The van der Waals surface area contributed by atoms with Crippen LogP contribution in [0.3, 0.4) is 0 Å². The molecule has 1 aromatic rings. The molecule has 1 aliphatic carbocycles. The normalized spacial score (nSPS) is 22.3. The average molecular weight is 345 g/mol. The molecule has 136 valence electrons. The first-order valence-electron chi connectivity index (χ1n) is 9.23. The summed E-state index contributed by atoms with van der Waals surface area (Å²) in [5, 5.41) is 0. The maximum absolute atomic E-state index is 12.4. The van der Waals surface area contributed by atoms with Crippen molar-refractivity contribution in [3.63, 3.8) is 0 Å². The predicted octanol–water partition coefficient (Wildman–Crippen LogP) is 3.46. The third kappa shape index (κ3) is 4.33. The molecule has 3 rings (SSSR count). The predicted molar refractivity (Wildman–Crippen MR) is 95.2 cm³/mol. The highest BCUT2D eigenvalue weighted by Crippen LogP contribution is 2.31. The minimum Gasteiger partial charge on any atom is -0.486 e. The zero-order valence-corrected chi connectivity index (χ0v) is 15.1. The van der Waals surface area contributed by atoms with Gasteiger partial charge in [-0.25, -0.2) is 0 Å². The Morgan fingerprint density at radius 1 is 1.04 bits per heavy atom. The highest BCUT2D eigenvalue weighted by atomic mass is 16.6. The van der Waals surface area contributed by atoms with Crippen LogP contribution in [0, 0.1) is 5.92 Å². The van der Waals surface area contributed by atoms with E-state index in [4.69, 9.17) is 9.47 Å². The molecule has 1 aromatic carbocycles. The zero-order chi connectivity index (χ0) is 17.8. The SMILES string of the molecule is CC1CCC(N(C)C(=O)CCC(=O)c2ccc3c(c2)OCCO3)CC1. The minimum absolute atomic E-state index is 0.0315. The molecule has 0 saturated heterocycles. The monoisotopic (exact) mass is 345 g/mol. The third-order valence-corrected chi connectivity index (χ3v) is 5.36. The molecular formula is C20H27NO4. The number of fused-ring (bicyclic) bond motifs is 1. The van der Waals surface area contributed by atoms with Gasteiger partial charge in [0.15, 0.2) is 17.3 Å². The molecule has 0 aromatic heterocycles. The molecule has 0 spiro atoms. The fourth-order valence-corrected chi connectivity index (χ4v) is 3.59. The molecular weight excluding hydrogens is 318 g/mol. The first-order chi connectivity index (χ1) is 12.0. The lowest BCUT2D eigenvalue weighted by molar-refractivity contribution is -0.132. The van der Waals surface area contributed by atoms with Gasteiger partial charge in [0.1, 0.15) is 13.2 Å². The van der Waals surface area contributed by atoms with Crippen LogP contribution in [0.25, 0.3) is 0 Å². The first-order valence-corrected chi connectivity index (χ1v) is 9.23. The van der Waals surface area contributed by atoms with Gasteiger partial charge in [-0.15, -0.1) is 0 Å². The second kappa shape index (κ2) is 7.89. The van der Waals surface area contributed by atoms with Crippen molar-refractivity contribution in [3.8, 4) is 11.5 Å². The second-order valence-electron chi connectivity index (χ2n) is 7.20. The van der Waals surface area contributed by atoms with Crippen LogP contribution in [0.2, 0.25) is 0 Å². The number of benzene rings is 1. The number of carbonyl (C=O) groups is 2. The van der Waals surface area contributed by atoms with E-state index in [9.17, 15) is 9.59 Å². The van der Waals surface area contributed by atoms with Gasteiger partial charge < -0.3 is 14.4 Å². The number of ether oxygens (including phenoxy) is 2. The zero-order valence-electron chi connectivity index (χ0n) is 15.1. The highest BCUT2D eigenvalue weighted by Gasteiger charge is 2.25. The van der Waals surface area contributed by atoms with Crippen molar-refractivity contribution < 1.29 is 19.1 Å². The standard InChI is InChI=1S/C20H27NO4/c1-14-3-6-16(7-4-14)21(2)20(23)10-8-17(22)15-5-9-18-19(13-15)25-12-11-24-18/h5,9,13-14,16H,3-4,6-8,10-12H2,1-2H3. The van der Waals surface area contributed by atoms with Crippen LogP contribution in [0.4, 0.5) is 0 Å². The summed E-state index contributed by atoms with van der Waals surface area (Å²) in [6.07, 6.45) is 4.98. The fourth-order valence-electron chi connectivity index (χ4n) is 3.59. The Bertz CT molecular complexity index is 635. The van der Waals surface area contributed by atoms with Crippen molar-refractivity contribution in [1.29, 1.82) is 0 Å². The van der Waals surface area contributed by atoms with Crippen molar-refractivity contribution in [2.45, 2.75) is 51.5 Å². The number of hydrogen-bond acceptors (Lipinski definition) is 4. The van der Waals surface area contributed by atoms with Crippen LogP contribution in [0.1, 0.15) is 55.8 Å². The van der Waals surface area contributed by atoms with E-state index < -0.39 is 0 Å². The minimum atomic E-state index is -0.0315. The molecule has 0 bridgehead atoms. The van der Waals surface area contributed by atoms with Crippen molar-refractivity contribution >= 4 is 11.7 Å². The van der Waals surface area contributed by atoms with Crippen LogP contribution in [-0.4, -0.2) is 42.9 Å². The van der Waals surface area contributed by atoms with Crippen molar-refractivity contribution in [1.82, 2.24) is 4.90 Å². The summed E-state index contributed by atoms with van der Waals surface area (Å²) in [5.41, 5.74) is 0.575. The molecule has 5 heteroatoms. The van der Waals surface area contributed by atoms with Gasteiger partial charge in [-0.3, -0.25) is 9.59 Å². The van der Waals surface area contributed by atoms with E-state index in [0.717, 1.165) is 18.8 Å². The Morgan fingerprint density at radius 2 is 1.72 bits per heavy atom. The molecule has 5 nitrogen and oxygen atoms in total. The van der Waals surface area contributed by atoms with Crippen molar-refractivity contribution in [2.75, 3.05) is 20.3 Å². The Labute approximate surface area is 149 Å². The van der Waals surface area contributed by atoms with Gasteiger partial charge >= 0.3 is 0 Å². The van der Waals surface area contributed by atoms with Crippen LogP contribution < -0.4 is 9.47 Å². The molecule has 0 N–H and O–H groups in total. The van der Waals surface area contributed by atoms with E-state index in [1.54, 1.807) is 18.2 Å². The second-order valence-corrected chi connectivity index (χ2v) is 7.20.